The minimum atomic E-state index is -0.964. The molecule has 2 amide bonds. The number of carboxylic acids is 1. The first kappa shape index (κ1) is 19.2. The van der Waals surface area contributed by atoms with Gasteiger partial charge < -0.3 is 15.7 Å². The van der Waals surface area contributed by atoms with Crippen LogP contribution in [0, 0.1) is 6.92 Å². The van der Waals surface area contributed by atoms with E-state index in [1.54, 1.807) is 24.3 Å². The molecule has 0 atom stereocenters. The fourth-order valence-electron chi connectivity index (χ4n) is 2.33. The van der Waals surface area contributed by atoms with Gasteiger partial charge in [0.2, 0.25) is 5.91 Å². The van der Waals surface area contributed by atoms with Gasteiger partial charge in [-0.05, 0) is 43.2 Å². The third kappa shape index (κ3) is 6.39. The lowest BCUT2D eigenvalue weighted by molar-refractivity contribution is -0.136. The molecule has 0 aromatic heterocycles. The lowest BCUT2D eigenvalue weighted by Crippen LogP contribution is -2.25. The molecular formula is C20H22N2O4. The van der Waals surface area contributed by atoms with Gasteiger partial charge in [-0.1, -0.05) is 29.8 Å². The van der Waals surface area contributed by atoms with E-state index in [1.165, 1.54) is 5.56 Å². The number of hydrogen-bond acceptors (Lipinski definition) is 3. The Morgan fingerprint density at radius 2 is 1.58 bits per heavy atom. The molecule has 0 aliphatic rings. The SMILES string of the molecule is Cc1ccc(CCC(=O)Nc2ccc(C(=O)NCCC(=O)O)cc2)cc1. The van der Waals surface area contributed by atoms with Crippen LogP contribution in [0.25, 0.3) is 0 Å². The number of anilines is 1. The standard InChI is InChI=1S/C20H22N2O4/c1-14-2-4-15(5-3-14)6-11-18(23)22-17-9-7-16(8-10-17)20(26)21-13-12-19(24)25/h2-5,7-10H,6,11-13H2,1H3,(H,21,26)(H,22,23)(H,24,25). The van der Waals surface area contributed by atoms with Crippen molar-refractivity contribution in [3.8, 4) is 0 Å². The van der Waals surface area contributed by atoms with E-state index in [-0.39, 0.29) is 24.8 Å². The van der Waals surface area contributed by atoms with E-state index in [9.17, 15) is 14.4 Å². The summed E-state index contributed by atoms with van der Waals surface area (Å²) in [5.74, 6) is -1.40. The molecule has 0 aliphatic heterocycles. The molecule has 0 saturated carbocycles. The average Bonchev–Trinajstić information content (AvgIpc) is 2.61. The number of aryl methyl sites for hydroxylation is 2. The van der Waals surface area contributed by atoms with Gasteiger partial charge in [0.15, 0.2) is 0 Å². The Hall–Kier alpha value is -3.15. The molecule has 0 unspecified atom stereocenters. The lowest BCUT2D eigenvalue weighted by Gasteiger charge is -2.07. The number of hydrogen-bond donors (Lipinski definition) is 3. The number of amides is 2. The number of benzene rings is 2. The third-order valence-corrected chi connectivity index (χ3v) is 3.82. The highest BCUT2D eigenvalue weighted by atomic mass is 16.4. The van der Waals surface area contributed by atoms with Gasteiger partial charge in [-0.25, -0.2) is 0 Å². The fourth-order valence-corrected chi connectivity index (χ4v) is 2.33. The molecule has 6 nitrogen and oxygen atoms in total. The summed E-state index contributed by atoms with van der Waals surface area (Å²) in [5.41, 5.74) is 3.32. The van der Waals surface area contributed by atoms with E-state index in [0.29, 0.717) is 24.1 Å². The molecule has 0 heterocycles. The molecule has 6 heteroatoms. The molecule has 2 rings (SSSR count). The molecule has 2 aromatic rings. The molecule has 0 aliphatic carbocycles. The second-order valence-corrected chi connectivity index (χ2v) is 6.01. The molecule has 0 saturated heterocycles. The van der Waals surface area contributed by atoms with Crippen molar-refractivity contribution in [1.82, 2.24) is 5.32 Å². The fraction of sp³-hybridized carbons (Fsp3) is 0.250. The zero-order valence-electron chi connectivity index (χ0n) is 14.6. The highest BCUT2D eigenvalue weighted by Crippen LogP contribution is 2.11. The Balaban J connectivity index is 1.80. The van der Waals surface area contributed by atoms with Crippen molar-refractivity contribution in [1.29, 1.82) is 0 Å². The maximum Gasteiger partial charge on any atom is 0.305 e. The summed E-state index contributed by atoms with van der Waals surface area (Å²) in [6, 6.07) is 14.5. The number of carbonyl (C=O) groups excluding carboxylic acids is 2. The van der Waals surface area contributed by atoms with Crippen LogP contribution in [0.5, 0.6) is 0 Å². The molecule has 0 bridgehead atoms. The molecule has 0 fully saturated rings. The zero-order chi connectivity index (χ0) is 18.9. The van der Waals surface area contributed by atoms with Gasteiger partial charge in [0.1, 0.15) is 0 Å². The van der Waals surface area contributed by atoms with Crippen LogP contribution in [0.1, 0.15) is 34.3 Å². The predicted octanol–water partition coefficient (Wildman–Crippen LogP) is 2.77. The van der Waals surface area contributed by atoms with Crippen molar-refractivity contribution >= 4 is 23.5 Å². The summed E-state index contributed by atoms with van der Waals surface area (Å²) in [7, 11) is 0. The van der Waals surface area contributed by atoms with Crippen molar-refractivity contribution in [3.63, 3.8) is 0 Å². The van der Waals surface area contributed by atoms with Gasteiger partial charge in [0.25, 0.3) is 5.91 Å². The Kier molecular flexibility index (Phi) is 6.91. The third-order valence-electron chi connectivity index (χ3n) is 3.82. The first-order valence-corrected chi connectivity index (χ1v) is 8.39. The number of nitrogens with one attached hydrogen (secondary N) is 2. The van der Waals surface area contributed by atoms with Crippen LogP contribution in [0.15, 0.2) is 48.5 Å². The van der Waals surface area contributed by atoms with Crippen molar-refractivity contribution in [3.05, 3.63) is 65.2 Å². The van der Waals surface area contributed by atoms with Crippen molar-refractivity contribution in [2.24, 2.45) is 0 Å². The van der Waals surface area contributed by atoms with E-state index in [0.717, 1.165) is 5.56 Å². The van der Waals surface area contributed by atoms with Crippen LogP contribution in [-0.2, 0) is 16.0 Å². The Bertz CT molecular complexity index is 767. The topological polar surface area (TPSA) is 95.5 Å². The van der Waals surface area contributed by atoms with Gasteiger partial charge in [-0.3, -0.25) is 14.4 Å². The van der Waals surface area contributed by atoms with E-state index in [2.05, 4.69) is 10.6 Å². The Morgan fingerprint density at radius 1 is 0.923 bits per heavy atom. The van der Waals surface area contributed by atoms with Crippen LogP contribution in [0.3, 0.4) is 0 Å². The minimum Gasteiger partial charge on any atom is -0.481 e. The maximum absolute atomic E-state index is 12.0. The summed E-state index contributed by atoms with van der Waals surface area (Å²) in [5, 5.41) is 13.9. The summed E-state index contributed by atoms with van der Waals surface area (Å²) in [6.07, 6.45) is 0.914. The largest absolute Gasteiger partial charge is 0.481 e. The maximum atomic E-state index is 12.0. The van der Waals surface area contributed by atoms with Gasteiger partial charge in [0, 0.05) is 24.2 Å². The number of rotatable bonds is 8. The first-order chi connectivity index (χ1) is 12.4. The van der Waals surface area contributed by atoms with Gasteiger partial charge in [-0.15, -0.1) is 0 Å². The van der Waals surface area contributed by atoms with Gasteiger partial charge >= 0.3 is 5.97 Å². The quantitative estimate of drug-likeness (QED) is 0.679. The van der Waals surface area contributed by atoms with Crippen molar-refractivity contribution in [2.45, 2.75) is 26.2 Å². The number of carbonyl (C=O) groups is 3. The summed E-state index contributed by atoms with van der Waals surface area (Å²) >= 11 is 0. The normalized spacial score (nSPS) is 10.2. The first-order valence-electron chi connectivity index (χ1n) is 8.39. The van der Waals surface area contributed by atoms with Crippen molar-refractivity contribution in [2.75, 3.05) is 11.9 Å². The smallest absolute Gasteiger partial charge is 0.305 e. The highest BCUT2D eigenvalue weighted by Gasteiger charge is 2.07. The molecule has 3 N–H and O–H groups in total. The second kappa shape index (κ2) is 9.36. The van der Waals surface area contributed by atoms with Crippen LogP contribution in [0.4, 0.5) is 5.69 Å². The summed E-state index contributed by atoms with van der Waals surface area (Å²) in [4.78, 5) is 34.3. The second-order valence-electron chi connectivity index (χ2n) is 6.01. The lowest BCUT2D eigenvalue weighted by atomic mass is 10.1. The minimum absolute atomic E-state index is 0.0751. The van der Waals surface area contributed by atoms with Gasteiger partial charge in [-0.2, -0.15) is 0 Å². The van der Waals surface area contributed by atoms with Crippen LogP contribution in [-0.4, -0.2) is 29.4 Å². The van der Waals surface area contributed by atoms with E-state index in [4.69, 9.17) is 5.11 Å². The molecule has 2 aromatic carbocycles. The van der Waals surface area contributed by atoms with Crippen LogP contribution < -0.4 is 10.6 Å². The average molecular weight is 354 g/mol. The predicted molar refractivity (Wildman–Crippen MR) is 99.2 cm³/mol. The Labute approximate surface area is 152 Å². The highest BCUT2D eigenvalue weighted by molar-refractivity contribution is 5.96. The monoisotopic (exact) mass is 354 g/mol. The molecular weight excluding hydrogens is 332 g/mol. The van der Waals surface area contributed by atoms with Crippen LogP contribution in [0.2, 0.25) is 0 Å². The summed E-state index contributed by atoms with van der Waals surface area (Å²) in [6.45, 7) is 2.10. The molecule has 0 spiro atoms. The summed E-state index contributed by atoms with van der Waals surface area (Å²) < 4.78 is 0. The van der Waals surface area contributed by atoms with Crippen LogP contribution >= 0.6 is 0 Å². The molecule has 0 radical (unpaired) electrons. The number of carboxylic acid groups (broad SMARTS) is 1. The molecule has 26 heavy (non-hydrogen) atoms. The zero-order valence-corrected chi connectivity index (χ0v) is 14.6. The Morgan fingerprint density at radius 3 is 2.19 bits per heavy atom. The molecule has 136 valence electrons. The van der Waals surface area contributed by atoms with E-state index < -0.39 is 5.97 Å². The van der Waals surface area contributed by atoms with Gasteiger partial charge in [0.05, 0.1) is 6.42 Å². The van der Waals surface area contributed by atoms with Crippen molar-refractivity contribution < 1.29 is 19.5 Å². The van der Waals surface area contributed by atoms with E-state index >= 15 is 0 Å². The number of aliphatic carboxylic acids is 1. The van der Waals surface area contributed by atoms with E-state index in [1.807, 2.05) is 31.2 Å².